The second-order valence-electron chi connectivity index (χ2n) is 5.80. The molecule has 0 aromatic heterocycles. The van der Waals surface area contributed by atoms with E-state index in [1.165, 1.54) is 16.7 Å². The SMILES string of the molecule is CNC(C)(C)CNCc1ccc(-c2ccccc2)cc1. The van der Waals surface area contributed by atoms with Crippen molar-refractivity contribution in [2.45, 2.75) is 25.9 Å². The minimum atomic E-state index is 0.129. The lowest BCUT2D eigenvalue weighted by molar-refractivity contribution is 0.393. The molecule has 0 saturated carbocycles. The monoisotopic (exact) mass is 268 g/mol. The van der Waals surface area contributed by atoms with Gasteiger partial charge in [0.15, 0.2) is 0 Å². The highest BCUT2D eigenvalue weighted by molar-refractivity contribution is 5.63. The predicted molar refractivity (Wildman–Crippen MR) is 86.7 cm³/mol. The van der Waals surface area contributed by atoms with E-state index in [9.17, 15) is 0 Å². The van der Waals surface area contributed by atoms with Crippen LogP contribution in [-0.4, -0.2) is 19.1 Å². The molecule has 106 valence electrons. The van der Waals surface area contributed by atoms with Gasteiger partial charge in [0.05, 0.1) is 0 Å². The summed E-state index contributed by atoms with van der Waals surface area (Å²) in [6, 6.07) is 19.3. The lowest BCUT2D eigenvalue weighted by Crippen LogP contribution is -2.45. The molecular formula is C18H24N2. The molecule has 0 fully saturated rings. The molecule has 0 bridgehead atoms. The van der Waals surface area contributed by atoms with Gasteiger partial charge in [-0.25, -0.2) is 0 Å². The van der Waals surface area contributed by atoms with Crippen LogP contribution in [0.25, 0.3) is 11.1 Å². The molecule has 0 saturated heterocycles. The Hall–Kier alpha value is -1.64. The topological polar surface area (TPSA) is 24.1 Å². The number of rotatable bonds is 6. The number of hydrogen-bond donors (Lipinski definition) is 2. The number of nitrogens with one attached hydrogen (secondary N) is 2. The highest BCUT2D eigenvalue weighted by Gasteiger charge is 2.13. The van der Waals surface area contributed by atoms with Crippen LogP contribution < -0.4 is 10.6 Å². The van der Waals surface area contributed by atoms with Gasteiger partial charge in [-0.2, -0.15) is 0 Å². The van der Waals surface area contributed by atoms with Crippen LogP contribution >= 0.6 is 0 Å². The van der Waals surface area contributed by atoms with Crippen LogP contribution in [0.15, 0.2) is 54.6 Å². The molecule has 0 atom stereocenters. The number of likely N-dealkylation sites (N-methyl/N-ethyl adjacent to an activating group) is 1. The van der Waals surface area contributed by atoms with Gasteiger partial charge in [0, 0.05) is 18.6 Å². The van der Waals surface area contributed by atoms with E-state index in [1.54, 1.807) is 0 Å². The molecule has 0 heterocycles. The molecule has 0 unspecified atom stereocenters. The van der Waals surface area contributed by atoms with Crippen molar-refractivity contribution >= 4 is 0 Å². The van der Waals surface area contributed by atoms with E-state index < -0.39 is 0 Å². The molecule has 20 heavy (non-hydrogen) atoms. The Balaban J connectivity index is 1.92. The molecule has 0 aliphatic rings. The van der Waals surface area contributed by atoms with Crippen molar-refractivity contribution in [1.82, 2.24) is 10.6 Å². The van der Waals surface area contributed by atoms with Crippen molar-refractivity contribution < 1.29 is 0 Å². The van der Waals surface area contributed by atoms with Gasteiger partial charge in [0.1, 0.15) is 0 Å². The fraction of sp³-hybridized carbons (Fsp3) is 0.333. The van der Waals surface area contributed by atoms with Crippen molar-refractivity contribution in [3.63, 3.8) is 0 Å². The third kappa shape index (κ3) is 4.19. The first-order valence-electron chi connectivity index (χ1n) is 7.15. The standard InChI is InChI=1S/C18H24N2/c1-18(2,19-3)14-20-13-15-9-11-17(12-10-15)16-7-5-4-6-8-16/h4-12,19-20H,13-14H2,1-3H3. The Bertz CT molecular complexity index is 515. The fourth-order valence-electron chi connectivity index (χ4n) is 2.05. The molecule has 2 rings (SSSR count). The molecule has 2 nitrogen and oxygen atoms in total. The summed E-state index contributed by atoms with van der Waals surface area (Å²) in [6.07, 6.45) is 0. The molecule has 0 aliphatic heterocycles. The smallest absolute Gasteiger partial charge is 0.0246 e. The van der Waals surface area contributed by atoms with E-state index in [4.69, 9.17) is 0 Å². The summed E-state index contributed by atoms with van der Waals surface area (Å²) in [6.45, 7) is 6.24. The number of benzene rings is 2. The summed E-state index contributed by atoms with van der Waals surface area (Å²) in [5, 5.41) is 6.79. The normalized spacial score (nSPS) is 11.6. The third-order valence-corrected chi connectivity index (χ3v) is 3.63. The second-order valence-corrected chi connectivity index (χ2v) is 5.80. The van der Waals surface area contributed by atoms with Gasteiger partial charge in [0.25, 0.3) is 0 Å². The molecule has 2 heteroatoms. The quantitative estimate of drug-likeness (QED) is 0.838. The first-order valence-corrected chi connectivity index (χ1v) is 7.15. The zero-order chi connectivity index (χ0) is 14.4. The van der Waals surface area contributed by atoms with Gasteiger partial charge in [-0.15, -0.1) is 0 Å². The predicted octanol–water partition coefficient (Wildman–Crippen LogP) is 3.44. The summed E-state index contributed by atoms with van der Waals surface area (Å²) >= 11 is 0. The van der Waals surface area contributed by atoms with Crippen LogP contribution in [0.4, 0.5) is 0 Å². The lowest BCUT2D eigenvalue weighted by atomic mass is 10.0. The molecule has 0 spiro atoms. The summed E-state index contributed by atoms with van der Waals surface area (Å²) in [7, 11) is 2.00. The molecule has 0 radical (unpaired) electrons. The second kappa shape index (κ2) is 6.69. The molecule has 2 aromatic carbocycles. The minimum absolute atomic E-state index is 0.129. The Morgan fingerprint density at radius 3 is 2.05 bits per heavy atom. The Morgan fingerprint density at radius 2 is 1.45 bits per heavy atom. The van der Waals surface area contributed by atoms with E-state index in [0.717, 1.165) is 13.1 Å². The van der Waals surface area contributed by atoms with Gasteiger partial charge in [-0.3, -0.25) is 0 Å². The average Bonchev–Trinajstić information content (AvgIpc) is 2.49. The fourth-order valence-corrected chi connectivity index (χ4v) is 2.05. The average molecular weight is 268 g/mol. The van der Waals surface area contributed by atoms with E-state index in [0.29, 0.717) is 0 Å². The number of hydrogen-bond acceptors (Lipinski definition) is 2. The molecule has 2 N–H and O–H groups in total. The summed E-state index contributed by atoms with van der Waals surface area (Å²) in [4.78, 5) is 0. The summed E-state index contributed by atoms with van der Waals surface area (Å²) in [5.41, 5.74) is 3.98. The van der Waals surface area contributed by atoms with Gasteiger partial charge in [-0.1, -0.05) is 54.6 Å². The largest absolute Gasteiger partial charge is 0.314 e. The first-order chi connectivity index (χ1) is 9.61. The molecule has 2 aromatic rings. The van der Waals surface area contributed by atoms with E-state index in [1.807, 2.05) is 13.1 Å². The molecular weight excluding hydrogens is 244 g/mol. The summed E-state index contributed by atoms with van der Waals surface area (Å²) < 4.78 is 0. The maximum Gasteiger partial charge on any atom is 0.0246 e. The van der Waals surface area contributed by atoms with E-state index in [2.05, 4.69) is 73.0 Å². The minimum Gasteiger partial charge on any atom is -0.314 e. The third-order valence-electron chi connectivity index (χ3n) is 3.63. The van der Waals surface area contributed by atoms with E-state index >= 15 is 0 Å². The maximum absolute atomic E-state index is 3.49. The van der Waals surface area contributed by atoms with Crippen LogP contribution in [0.1, 0.15) is 19.4 Å². The van der Waals surface area contributed by atoms with Crippen LogP contribution in [-0.2, 0) is 6.54 Å². The highest BCUT2D eigenvalue weighted by atomic mass is 15.0. The Morgan fingerprint density at radius 1 is 0.850 bits per heavy atom. The Labute approximate surface area is 122 Å². The Kier molecular flexibility index (Phi) is 4.94. The maximum atomic E-state index is 3.49. The van der Waals surface area contributed by atoms with Gasteiger partial charge in [-0.05, 0) is 37.6 Å². The van der Waals surface area contributed by atoms with Gasteiger partial charge in [0.2, 0.25) is 0 Å². The lowest BCUT2D eigenvalue weighted by Gasteiger charge is -2.24. The zero-order valence-electron chi connectivity index (χ0n) is 12.6. The summed E-state index contributed by atoms with van der Waals surface area (Å²) in [5.74, 6) is 0. The van der Waals surface area contributed by atoms with Crippen molar-refractivity contribution in [2.75, 3.05) is 13.6 Å². The molecule has 0 aliphatic carbocycles. The molecule has 0 amide bonds. The first kappa shape index (κ1) is 14.8. The van der Waals surface area contributed by atoms with Crippen molar-refractivity contribution in [3.8, 4) is 11.1 Å². The van der Waals surface area contributed by atoms with Crippen LogP contribution in [0.5, 0.6) is 0 Å². The van der Waals surface area contributed by atoms with Gasteiger partial charge >= 0.3 is 0 Å². The van der Waals surface area contributed by atoms with Crippen molar-refractivity contribution in [3.05, 3.63) is 60.2 Å². The van der Waals surface area contributed by atoms with Gasteiger partial charge < -0.3 is 10.6 Å². The van der Waals surface area contributed by atoms with Crippen LogP contribution in [0.3, 0.4) is 0 Å². The van der Waals surface area contributed by atoms with E-state index in [-0.39, 0.29) is 5.54 Å². The van der Waals surface area contributed by atoms with Crippen LogP contribution in [0.2, 0.25) is 0 Å². The highest BCUT2D eigenvalue weighted by Crippen LogP contribution is 2.19. The van der Waals surface area contributed by atoms with Crippen LogP contribution in [0, 0.1) is 0 Å². The van der Waals surface area contributed by atoms with Crippen molar-refractivity contribution in [1.29, 1.82) is 0 Å². The van der Waals surface area contributed by atoms with Crippen molar-refractivity contribution in [2.24, 2.45) is 0 Å². The zero-order valence-corrected chi connectivity index (χ0v) is 12.6.